The Kier molecular flexibility index (Phi) is 4.89. The molecule has 1 aromatic carbocycles. The maximum atomic E-state index is 12.9. The molecule has 4 aromatic rings. The lowest BCUT2D eigenvalue weighted by Crippen LogP contribution is -2.21. The Balaban J connectivity index is 1.68. The third-order valence-electron chi connectivity index (χ3n) is 4.19. The second-order valence-electron chi connectivity index (χ2n) is 6.09. The third-order valence-corrected chi connectivity index (χ3v) is 5.59. The van der Waals surface area contributed by atoms with Crippen molar-refractivity contribution >= 4 is 44.9 Å². The first kappa shape index (κ1) is 18.3. The Bertz CT molecular complexity index is 1220. The van der Waals surface area contributed by atoms with Gasteiger partial charge in [-0.3, -0.25) is 14.2 Å². The van der Waals surface area contributed by atoms with Crippen LogP contribution in [-0.2, 0) is 6.54 Å². The highest BCUT2D eigenvalue weighted by Gasteiger charge is 2.20. The molecule has 1 N–H and O–H groups in total. The normalized spacial score (nSPS) is 10.9. The summed E-state index contributed by atoms with van der Waals surface area (Å²) < 4.78 is 1.55. The van der Waals surface area contributed by atoms with E-state index in [2.05, 4.69) is 20.5 Å². The smallest absolute Gasteiger partial charge is 0.267 e. The number of hydrogen-bond donors (Lipinski definition) is 1. The maximum absolute atomic E-state index is 12.9. The molecule has 0 saturated heterocycles. The number of nitrogens with one attached hydrogen (secondary N) is 1. The fourth-order valence-electron chi connectivity index (χ4n) is 2.82. The van der Waals surface area contributed by atoms with Gasteiger partial charge in [0.2, 0.25) is 0 Å². The highest BCUT2D eigenvalue weighted by molar-refractivity contribution is 7.20. The van der Waals surface area contributed by atoms with Crippen LogP contribution in [0.2, 0.25) is 5.15 Å². The summed E-state index contributed by atoms with van der Waals surface area (Å²) >= 11 is 6.88. The van der Waals surface area contributed by atoms with Gasteiger partial charge >= 0.3 is 0 Å². The average Bonchev–Trinajstić information content (AvgIpc) is 3.04. The summed E-state index contributed by atoms with van der Waals surface area (Å²) in [7, 11) is 0. The van der Waals surface area contributed by atoms with Crippen LogP contribution in [0.3, 0.4) is 0 Å². The van der Waals surface area contributed by atoms with Crippen molar-refractivity contribution in [1.82, 2.24) is 19.7 Å². The van der Waals surface area contributed by atoms with E-state index in [4.69, 9.17) is 11.6 Å². The van der Waals surface area contributed by atoms with Crippen molar-refractivity contribution in [3.05, 3.63) is 80.3 Å². The molecule has 0 spiro atoms. The minimum absolute atomic E-state index is 0.173. The zero-order valence-corrected chi connectivity index (χ0v) is 16.3. The fraction of sp³-hybridized carbons (Fsp3) is 0.105. The van der Waals surface area contributed by atoms with Crippen molar-refractivity contribution in [3.63, 3.8) is 0 Å². The standard InChI is InChI=1S/C19H14ClN5O2S/c1-11-15-18(21-10-25(19(15)27)9-12-5-3-2-4-6-12)28-16(11)17(26)22-14-8-7-13(20)23-24-14/h2-8,10H,9H2,1H3,(H,22,24,26). The molecule has 0 atom stereocenters. The Morgan fingerprint density at radius 1 is 1.18 bits per heavy atom. The molecule has 0 radical (unpaired) electrons. The first-order chi connectivity index (χ1) is 13.5. The Morgan fingerprint density at radius 2 is 1.96 bits per heavy atom. The van der Waals surface area contributed by atoms with Gasteiger partial charge in [-0.15, -0.1) is 21.5 Å². The number of amides is 1. The highest BCUT2D eigenvalue weighted by atomic mass is 35.5. The van der Waals surface area contributed by atoms with E-state index in [0.717, 1.165) is 5.56 Å². The second-order valence-corrected chi connectivity index (χ2v) is 7.48. The maximum Gasteiger partial charge on any atom is 0.267 e. The summed E-state index contributed by atoms with van der Waals surface area (Å²) in [6.07, 6.45) is 1.51. The quantitative estimate of drug-likeness (QED) is 0.555. The van der Waals surface area contributed by atoms with E-state index < -0.39 is 0 Å². The van der Waals surface area contributed by atoms with Crippen LogP contribution in [0, 0.1) is 6.92 Å². The Morgan fingerprint density at radius 3 is 2.68 bits per heavy atom. The lowest BCUT2D eigenvalue weighted by atomic mass is 10.2. The molecule has 0 bridgehead atoms. The van der Waals surface area contributed by atoms with E-state index in [0.29, 0.717) is 27.2 Å². The number of thiophene rings is 1. The molecule has 3 heterocycles. The van der Waals surface area contributed by atoms with Gasteiger partial charge < -0.3 is 5.32 Å². The topological polar surface area (TPSA) is 89.8 Å². The van der Waals surface area contributed by atoms with Crippen LogP contribution in [0.1, 0.15) is 20.8 Å². The van der Waals surface area contributed by atoms with Gasteiger partial charge in [0.25, 0.3) is 11.5 Å². The molecule has 28 heavy (non-hydrogen) atoms. The summed E-state index contributed by atoms with van der Waals surface area (Å²) in [6, 6.07) is 12.8. The van der Waals surface area contributed by atoms with Crippen molar-refractivity contribution in [2.24, 2.45) is 0 Å². The van der Waals surface area contributed by atoms with Gasteiger partial charge in [0.15, 0.2) is 11.0 Å². The van der Waals surface area contributed by atoms with Crippen molar-refractivity contribution in [3.8, 4) is 0 Å². The molecule has 0 fully saturated rings. The number of hydrogen-bond acceptors (Lipinski definition) is 6. The summed E-state index contributed by atoms with van der Waals surface area (Å²) in [5.41, 5.74) is 1.42. The molecule has 140 valence electrons. The van der Waals surface area contributed by atoms with Crippen LogP contribution in [0.5, 0.6) is 0 Å². The lowest BCUT2D eigenvalue weighted by molar-refractivity contribution is 0.102. The SMILES string of the molecule is Cc1c(C(=O)Nc2ccc(Cl)nn2)sc2ncn(Cc3ccccc3)c(=O)c12. The summed E-state index contributed by atoms with van der Waals surface area (Å²) in [5, 5.41) is 10.9. The van der Waals surface area contributed by atoms with Crippen LogP contribution < -0.4 is 10.9 Å². The Labute approximate surface area is 168 Å². The number of carbonyl (C=O) groups is 1. The predicted molar refractivity (Wildman–Crippen MR) is 109 cm³/mol. The van der Waals surface area contributed by atoms with Gasteiger partial charge in [0.05, 0.1) is 23.1 Å². The van der Waals surface area contributed by atoms with Crippen LogP contribution in [-0.4, -0.2) is 25.7 Å². The van der Waals surface area contributed by atoms with Gasteiger partial charge in [-0.05, 0) is 30.2 Å². The number of fused-ring (bicyclic) bond motifs is 1. The molecule has 3 aromatic heterocycles. The number of anilines is 1. The van der Waals surface area contributed by atoms with Gasteiger partial charge in [0, 0.05) is 0 Å². The number of carbonyl (C=O) groups excluding carboxylic acids is 1. The predicted octanol–water partition coefficient (Wildman–Crippen LogP) is 3.51. The summed E-state index contributed by atoms with van der Waals surface area (Å²) in [4.78, 5) is 30.9. The van der Waals surface area contributed by atoms with Gasteiger partial charge in [-0.1, -0.05) is 41.9 Å². The Hall–Kier alpha value is -3.10. The molecular weight excluding hydrogens is 398 g/mol. The zero-order valence-electron chi connectivity index (χ0n) is 14.7. The molecule has 7 nitrogen and oxygen atoms in total. The van der Waals surface area contributed by atoms with Crippen LogP contribution >= 0.6 is 22.9 Å². The molecule has 0 unspecified atom stereocenters. The molecule has 1 amide bonds. The van der Waals surface area contributed by atoms with E-state index in [9.17, 15) is 9.59 Å². The summed E-state index contributed by atoms with van der Waals surface area (Å²) in [5.74, 6) is -0.0909. The molecule has 0 aliphatic heterocycles. The van der Waals surface area contributed by atoms with Crippen LogP contribution in [0.25, 0.3) is 10.2 Å². The minimum Gasteiger partial charge on any atom is -0.304 e. The van der Waals surface area contributed by atoms with Gasteiger partial charge in [-0.25, -0.2) is 4.98 Å². The molecule has 0 saturated carbocycles. The van der Waals surface area contributed by atoms with Crippen molar-refractivity contribution in [1.29, 1.82) is 0 Å². The fourth-order valence-corrected chi connectivity index (χ4v) is 3.96. The van der Waals surface area contributed by atoms with Crippen LogP contribution in [0.15, 0.2) is 53.6 Å². The number of rotatable bonds is 4. The number of aryl methyl sites for hydroxylation is 1. The lowest BCUT2D eigenvalue weighted by Gasteiger charge is -2.05. The molecule has 0 aliphatic rings. The molecule has 0 aliphatic carbocycles. The monoisotopic (exact) mass is 411 g/mol. The number of aromatic nitrogens is 4. The van der Waals surface area contributed by atoms with E-state index in [1.54, 1.807) is 17.6 Å². The van der Waals surface area contributed by atoms with Gasteiger partial charge in [-0.2, -0.15) is 0 Å². The number of halogens is 1. The second kappa shape index (κ2) is 7.49. The summed E-state index contributed by atoms with van der Waals surface area (Å²) in [6.45, 7) is 2.16. The molecule has 9 heteroatoms. The van der Waals surface area contributed by atoms with Crippen LogP contribution in [0.4, 0.5) is 5.82 Å². The highest BCUT2D eigenvalue weighted by Crippen LogP contribution is 2.27. The minimum atomic E-state index is -0.369. The van der Waals surface area contributed by atoms with Crippen molar-refractivity contribution in [2.75, 3.05) is 5.32 Å². The van der Waals surface area contributed by atoms with E-state index in [-0.39, 0.29) is 22.4 Å². The third kappa shape index (κ3) is 3.51. The molecular formula is C19H14ClN5O2S. The first-order valence-electron chi connectivity index (χ1n) is 8.36. The van der Waals surface area contributed by atoms with Crippen molar-refractivity contribution < 1.29 is 4.79 Å². The van der Waals surface area contributed by atoms with Gasteiger partial charge in [0.1, 0.15) is 4.83 Å². The molecule has 4 rings (SSSR count). The largest absolute Gasteiger partial charge is 0.304 e. The number of benzene rings is 1. The average molecular weight is 412 g/mol. The van der Waals surface area contributed by atoms with E-state index >= 15 is 0 Å². The van der Waals surface area contributed by atoms with E-state index in [1.807, 2.05) is 30.3 Å². The first-order valence-corrected chi connectivity index (χ1v) is 9.55. The zero-order chi connectivity index (χ0) is 19.7. The van der Waals surface area contributed by atoms with E-state index in [1.165, 1.54) is 23.7 Å². The number of nitrogens with zero attached hydrogens (tertiary/aromatic N) is 4. The van der Waals surface area contributed by atoms with Crippen molar-refractivity contribution in [2.45, 2.75) is 13.5 Å².